The highest BCUT2D eigenvalue weighted by atomic mass is 127. The van der Waals surface area contributed by atoms with Gasteiger partial charge in [0.1, 0.15) is 0 Å². The summed E-state index contributed by atoms with van der Waals surface area (Å²) in [6.45, 7) is 10.0. The van der Waals surface area contributed by atoms with E-state index in [1.54, 1.807) is 4.31 Å². The highest BCUT2D eigenvalue weighted by Gasteiger charge is 2.27. The van der Waals surface area contributed by atoms with Crippen LogP contribution < -0.4 is 10.2 Å². The van der Waals surface area contributed by atoms with Gasteiger partial charge >= 0.3 is 0 Å². The molecule has 10 heteroatoms. The molecule has 1 N–H and O–H groups in total. The molecule has 2 aliphatic heterocycles. The number of nitrogens with one attached hydrogen (secondary N) is 1. The van der Waals surface area contributed by atoms with Crippen LogP contribution in [0.1, 0.15) is 18.9 Å². The first-order chi connectivity index (χ1) is 13.4. The molecular formula is C19H31ClIN5O2S. The minimum absolute atomic E-state index is 0. The number of halogens is 2. The first-order valence-electron chi connectivity index (χ1n) is 9.93. The Morgan fingerprint density at radius 3 is 2.55 bits per heavy atom. The first-order valence-corrected chi connectivity index (χ1v) is 11.9. The normalized spacial score (nSPS) is 19.9. The summed E-state index contributed by atoms with van der Waals surface area (Å²) in [5.41, 5.74) is 2.42. The Hall–Kier alpha value is -0.780. The molecule has 2 aliphatic rings. The Labute approximate surface area is 196 Å². The molecule has 0 aromatic heterocycles. The van der Waals surface area contributed by atoms with Gasteiger partial charge in [-0.1, -0.05) is 17.7 Å². The van der Waals surface area contributed by atoms with E-state index in [-0.39, 0.29) is 29.7 Å². The maximum Gasteiger partial charge on any atom is 0.214 e. The van der Waals surface area contributed by atoms with Crippen LogP contribution in [-0.4, -0.2) is 81.7 Å². The molecule has 1 aromatic carbocycles. The van der Waals surface area contributed by atoms with Crippen LogP contribution in [0.3, 0.4) is 0 Å². The zero-order chi connectivity index (χ0) is 20.1. The maximum atomic E-state index is 11.9. The Bertz CT molecular complexity index is 813. The lowest BCUT2D eigenvalue weighted by atomic mass is 10.1. The summed E-state index contributed by atoms with van der Waals surface area (Å²) < 4.78 is 25.4. The molecule has 29 heavy (non-hydrogen) atoms. The number of hydrogen-bond acceptors (Lipinski definition) is 4. The molecular weight excluding hydrogens is 525 g/mol. The van der Waals surface area contributed by atoms with Gasteiger partial charge in [-0.05, 0) is 38.0 Å². The quantitative estimate of drug-likeness (QED) is 0.343. The number of hydrogen-bond donors (Lipinski definition) is 1. The van der Waals surface area contributed by atoms with E-state index in [4.69, 9.17) is 11.6 Å². The number of aryl methyl sites for hydroxylation is 1. The van der Waals surface area contributed by atoms with Crippen molar-refractivity contribution in [3.63, 3.8) is 0 Å². The van der Waals surface area contributed by atoms with Crippen molar-refractivity contribution in [1.82, 2.24) is 14.5 Å². The van der Waals surface area contributed by atoms with Crippen molar-refractivity contribution in [2.75, 3.05) is 63.0 Å². The second kappa shape index (κ2) is 11.0. The largest absolute Gasteiger partial charge is 0.368 e. The summed E-state index contributed by atoms with van der Waals surface area (Å²) in [6, 6.07) is 6.01. The Morgan fingerprint density at radius 2 is 1.93 bits per heavy atom. The summed E-state index contributed by atoms with van der Waals surface area (Å²) in [4.78, 5) is 9.29. The predicted molar refractivity (Wildman–Crippen MR) is 131 cm³/mol. The third-order valence-corrected chi connectivity index (χ3v) is 7.43. The molecule has 0 radical (unpaired) electrons. The molecule has 3 rings (SSSR count). The van der Waals surface area contributed by atoms with Crippen molar-refractivity contribution < 1.29 is 8.42 Å². The summed E-state index contributed by atoms with van der Waals surface area (Å²) in [7, 11) is -3.06. The molecule has 0 atom stereocenters. The summed E-state index contributed by atoms with van der Waals surface area (Å²) >= 11 is 6.17. The zero-order valence-electron chi connectivity index (χ0n) is 17.1. The molecule has 2 fully saturated rings. The summed E-state index contributed by atoms with van der Waals surface area (Å²) in [5.74, 6) is 1.13. The van der Waals surface area contributed by atoms with Crippen LogP contribution >= 0.6 is 35.6 Å². The molecule has 0 amide bonds. The second-order valence-corrected chi connectivity index (χ2v) is 9.73. The van der Waals surface area contributed by atoms with E-state index >= 15 is 0 Å². The van der Waals surface area contributed by atoms with Gasteiger partial charge in [-0.25, -0.2) is 12.7 Å². The standard InChI is InChI=1S/C19H30ClN5O2S.HI/c1-3-21-19(22-7-9-25-8-4-14-28(25,26)27)24-12-10-23(11-13-24)18-15-17(20)6-5-16(18)2;/h5-6,15H,3-4,7-14H2,1-2H3,(H,21,22);1H. The van der Waals surface area contributed by atoms with E-state index in [0.717, 1.165) is 50.1 Å². The van der Waals surface area contributed by atoms with Crippen LogP contribution in [0, 0.1) is 6.92 Å². The fourth-order valence-corrected chi connectivity index (χ4v) is 5.40. The molecule has 164 valence electrons. The number of piperazine rings is 1. The predicted octanol–water partition coefficient (Wildman–Crippen LogP) is 2.39. The Morgan fingerprint density at radius 1 is 1.21 bits per heavy atom. The number of anilines is 1. The highest BCUT2D eigenvalue weighted by Crippen LogP contribution is 2.25. The Kier molecular flexibility index (Phi) is 9.30. The van der Waals surface area contributed by atoms with Crippen molar-refractivity contribution in [2.24, 2.45) is 4.99 Å². The number of nitrogens with zero attached hydrogens (tertiary/aromatic N) is 4. The number of aliphatic imine (C=N–C) groups is 1. The summed E-state index contributed by atoms with van der Waals surface area (Å²) in [5, 5.41) is 4.10. The van der Waals surface area contributed by atoms with E-state index in [1.165, 1.54) is 11.3 Å². The van der Waals surface area contributed by atoms with Gasteiger partial charge in [-0.2, -0.15) is 0 Å². The molecule has 2 saturated heterocycles. The van der Waals surface area contributed by atoms with Crippen LogP contribution in [0.2, 0.25) is 5.02 Å². The van der Waals surface area contributed by atoms with Crippen molar-refractivity contribution in [2.45, 2.75) is 20.3 Å². The molecule has 0 unspecified atom stereocenters. The average Bonchev–Trinajstić information content (AvgIpc) is 3.01. The summed E-state index contributed by atoms with van der Waals surface area (Å²) in [6.07, 6.45) is 0.719. The van der Waals surface area contributed by atoms with Gasteiger partial charge in [-0.3, -0.25) is 4.99 Å². The maximum absolute atomic E-state index is 11.9. The lowest BCUT2D eigenvalue weighted by molar-refractivity contribution is 0.371. The second-order valence-electron chi connectivity index (χ2n) is 7.21. The van der Waals surface area contributed by atoms with Gasteiger partial charge in [-0.15, -0.1) is 24.0 Å². The fourth-order valence-electron chi connectivity index (χ4n) is 3.72. The molecule has 2 heterocycles. The van der Waals surface area contributed by atoms with Crippen LogP contribution in [0.4, 0.5) is 5.69 Å². The Balaban J connectivity index is 0.00000300. The van der Waals surface area contributed by atoms with E-state index in [0.29, 0.717) is 19.6 Å². The number of guanidine groups is 1. The SMILES string of the molecule is CCNC(=NCCN1CCCS1(=O)=O)N1CCN(c2cc(Cl)ccc2C)CC1.I. The highest BCUT2D eigenvalue weighted by molar-refractivity contribution is 14.0. The van der Waals surface area contributed by atoms with Gasteiger partial charge < -0.3 is 15.1 Å². The fraction of sp³-hybridized carbons (Fsp3) is 0.632. The van der Waals surface area contributed by atoms with Crippen molar-refractivity contribution >= 4 is 57.2 Å². The topological polar surface area (TPSA) is 68.2 Å². The minimum Gasteiger partial charge on any atom is -0.368 e. The first kappa shape index (κ1) is 24.5. The van der Waals surface area contributed by atoms with Gasteiger partial charge in [0.25, 0.3) is 0 Å². The third kappa shape index (κ3) is 6.35. The van der Waals surface area contributed by atoms with Crippen LogP contribution in [-0.2, 0) is 10.0 Å². The number of rotatable bonds is 5. The van der Waals surface area contributed by atoms with Crippen LogP contribution in [0.15, 0.2) is 23.2 Å². The lowest BCUT2D eigenvalue weighted by Crippen LogP contribution is -2.52. The van der Waals surface area contributed by atoms with Gasteiger partial charge in [0.05, 0.1) is 12.3 Å². The van der Waals surface area contributed by atoms with Crippen LogP contribution in [0.25, 0.3) is 0 Å². The van der Waals surface area contributed by atoms with Gasteiger partial charge in [0.2, 0.25) is 10.0 Å². The van der Waals surface area contributed by atoms with Crippen molar-refractivity contribution in [3.05, 3.63) is 28.8 Å². The van der Waals surface area contributed by atoms with Gasteiger partial charge in [0.15, 0.2) is 5.96 Å². The smallest absolute Gasteiger partial charge is 0.214 e. The van der Waals surface area contributed by atoms with E-state index in [1.807, 2.05) is 19.1 Å². The molecule has 7 nitrogen and oxygen atoms in total. The molecule has 0 saturated carbocycles. The molecule has 0 spiro atoms. The van der Waals surface area contributed by atoms with Crippen molar-refractivity contribution in [1.29, 1.82) is 0 Å². The zero-order valence-corrected chi connectivity index (χ0v) is 21.0. The average molecular weight is 556 g/mol. The van der Waals surface area contributed by atoms with E-state index in [2.05, 4.69) is 33.1 Å². The van der Waals surface area contributed by atoms with E-state index in [9.17, 15) is 8.42 Å². The monoisotopic (exact) mass is 555 g/mol. The molecule has 0 aliphatic carbocycles. The van der Waals surface area contributed by atoms with Gasteiger partial charge in [0, 0.05) is 56.5 Å². The molecule has 1 aromatic rings. The lowest BCUT2D eigenvalue weighted by Gasteiger charge is -2.38. The molecule has 0 bridgehead atoms. The number of benzene rings is 1. The van der Waals surface area contributed by atoms with E-state index < -0.39 is 10.0 Å². The number of sulfonamides is 1. The van der Waals surface area contributed by atoms with Crippen LogP contribution in [0.5, 0.6) is 0 Å². The minimum atomic E-state index is -3.06. The third-order valence-electron chi connectivity index (χ3n) is 5.24. The van der Waals surface area contributed by atoms with Crippen molar-refractivity contribution in [3.8, 4) is 0 Å².